The van der Waals surface area contributed by atoms with E-state index in [0.717, 1.165) is 39.1 Å². The first-order valence-electron chi connectivity index (χ1n) is 7.37. The third kappa shape index (κ3) is 4.49. The van der Waals surface area contributed by atoms with E-state index in [0.29, 0.717) is 18.8 Å². The molecule has 0 aromatic heterocycles. The van der Waals surface area contributed by atoms with Gasteiger partial charge in [0.1, 0.15) is 0 Å². The molecular weight excluding hydrogens is 244 g/mol. The molecule has 19 heavy (non-hydrogen) atoms. The van der Waals surface area contributed by atoms with Crippen molar-refractivity contribution in [1.82, 2.24) is 9.80 Å². The first kappa shape index (κ1) is 14.3. The van der Waals surface area contributed by atoms with E-state index in [1.165, 1.54) is 12.8 Å². The lowest BCUT2D eigenvalue weighted by molar-refractivity contribution is -0.137. The minimum atomic E-state index is -0.737. The van der Waals surface area contributed by atoms with Crippen LogP contribution in [0, 0.1) is 5.92 Å². The van der Waals surface area contributed by atoms with E-state index in [4.69, 9.17) is 5.11 Å². The van der Waals surface area contributed by atoms with E-state index in [2.05, 4.69) is 4.90 Å². The van der Waals surface area contributed by atoms with Gasteiger partial charge in [-0.2, -0.15) is 0 Å². The van der Waals surface area contributed by atoms with E-state index < -0.39 is 5.97 Å². The second-order valence-corrected chi connectivity index (χ2v) is 5.73. The third-order valence-corrected chi connectivity index (χ3v) is 4.25. The van der Waals surface area contributed by atoms with Crippen molar-refractivity contribution < 1.29 is 14.7 Å². The molecule has 2 heterocycles. The monoisotopic (exact) mass is 268 g/mol. The van der Waals surface area contributed by atoms with Gasteiger partial charge in [-0.15, -0.1) is 0 Å². The van der Waals surface area contributed by atoms with Crippen molar-refractivity contribution in [2.45, 2.75) is 38.5 Å². The van der Waals surface area contributed by atoms with E-state index >= 15 is 0 Å². The van der Waals surface area contributed by atoms with Crippen molar-refractivity contribution in [3.8, 4) is 0 Å². The fourth-order valence-corrected chi connectivity index (χ4v) is 3.04. The van der Waals surface area contributed by atoms with Crippen molar-refractivity contribution >= 4 is 11.9 Å². The van der Waals surface area contributed by atoms with Crippen LogP contribution >= 0.6 is 0 Å². The zero-order valence-electron chi connectivity index (χ0n) is 11.5. The van der Waals surface area contributed by atoms with E-state index in [1.54, 1.807) is 0 Å². The molecule has 108 valence electrons. The first-order chi connectivity index (χ1) is 9.15. The Morgan fingerprint density at radius 2 is 1.84 bits per heavy atom. The number of likely N-dealkylation sites (tertiary alicyclic amines) is 2. The lowest BCUT2D eigenvalue weighted by Crippen LogP contribution is -2.32. The van der Waals surface area contributed by atoms with Crippen LogP contribution in [0.2, 0.25) is 0 Å². The lowest BCUT2D eigenvalue weighted by Gasteiger charge is -2.19. The standard InChI is InChI=1S/C14H24N2O3/c17-13(6-9-15-7-1-2-8-15)16-10-5-12(11-16)3-4-14(18)19/h12H,1-11H2,(H,18,19). The summed E-state index contributed by atoms with van der Waals surface area (Å²) in [6.07, 6.45) is 5.02. The fourth-order valence-electron chi connectivity index (χ4n) is 3.04. The molecule has 1 atom stereocenters. The Balaban J connectivity index is 1.64. The maximum Gasteiger partial charge on any atom is 0.303 e. The first-order valence-corrected chi connectivity index (χ1v) is 7.37. The molecule has 0 aromatic rings. The molecule has 0 bridgehead atoms. The van der Waals surface area contributed by atoms with Gasteiger partial charge in [0.05, 0.1) is 0 Å². The molecule has 1 unspecified atom stereocenters. The zero-order chi connectivity index (χ0) is 13.7. The number of carbonyl (C=O) groups is 2. The van der Waals surface area contributed by atoms with Crippen LogP contribution in [0.25, 0.3) is 0 Å². The Kier molecular flexibility index (Phi) is 5.19. The third-order valence-electron chi connectivity index (χ3n) is 4.25. The average Bonchev–Trinajstić information content (AvgIpc) is 3.04. The van der Waals surface area contributed by atoms with Gasteiger partial charge in [-0.05, 0) is 44.7 Å². The largest absolute Gasteiger partial charge is 0.481 e. The van der Waals surface area contributed by atoms with Crippen LogP contribution in [0.3, 0.4) is 0 Å². The lowest BCUT2D eigenvalue weighted by atomic mass is 10.0. The van der Waals surface area contributed by atoms with Crippen LogP contribution in [0.1, 0.15) is 38.5 Å². The van der Waals surface area contributed by atoms with Gasteiger partial charge in [0, 0.05) is 32.5 Å². The molecule has 2 rings (SSSR count). The highest BCUT2D eigenvalue weighted by Crippen LogP contribution is 2.21. The van der Waals surface area contributed by atoms with Crippen molar-refractivity contribution in [3.05, 3.63) is 0 Å². The van der Waals surface area contributed by atoms with E-state index in [-0.39, 0.29) is 12.3 Å². The summed E-state index contributed by atoms with van der Waals surface area (Å²) in [6.45, 7) is 4.72. The molecule has 1 amide bonds. The van der Waals surface area contributed by atoms with Crippen molar-refractivity contribution in [1.29, 1.82) is 0 Å². The highest BCUT2D eigenvalue weighted by molar-refractivity contribution is 5.76. The fraction of sp³-hybridized carbons (Fsp3) is 0.857. The van der Waals surface area contributed by atoms with Crippen LogP contribution in [0.4, 0.5) is 0 Å². The second-order valence-electron chi connectivity index (χ2n) is 5.73. The number of carbonyl (C=O) groups excluding carboxylic acids is 1. The van der Waals surface area contributed by atoms with Gasteiger partial charge < -0.3 is 14.9 Å². The summed E-state index contributed by atoms with van der Waals surface area (Å²) < 4.78 is 0. The Morgan fingerprint density at radius 3 is 2.53 bits per heavy atom. The summed E-state index contributed by atoms with van der Waals surface area (Å²) in [5.41, 5.74) is 0. The summed E-state index contributed by atoms with van der Waals surface area (Å²) in [7, 11) is 0. The van der Waals surface area contributed by atoms with Gasteiger partial charge in [0.2, 0.25) is 5.91 Å². The summed E-state index contributed by atoms with van der Waals surface area (Å²) in [6, 6.07) is 0. The SMILES string of the molecule is O=C(O)CCC1CCN(C(=O)CCN2CCCC2)C1. The average molecular weight is 268 g/mol. The number of hydrogen-bond donors (Lipinski definition) is 1. The Labute approximate surface area is 114 Å². The van der Waals surface area contributed by atoms with Gasteiger partial charge in [0.15, 0.2) is 0 Å². The molecule has 2 fully saturated rings. The maximum absolute atomic E-state index is 12.1. The molecule has 0 aliphatic carbocycles. The topological polar surface area (TPSA) is 60.9 Å². The van der Waals surface area contributed by atoms with Crippen LogP contribution in [-0.4, -0.2) is 59.5 Å². The molecule has 2 aliphatic rings. The molecule has 5 heteroatoms. The van der Waals surface area contributed by atoms with Crippen LogP contribution in [0.5, 0.6) is 0 Å². The molecular formula is C14H24N2O3. The Bertz CT molecular complexity index is 327. The molecule has 2 saturated heterocycles. The molecule has 0 radical (unpaired) electrons. The minimum absolute atomic E-state index is 0.223. The summed E-state index contributed by atoms with van der Waals surface area (Å²) in [5.74, 6) is -0.115. The molecule has 0 saturated carbocycles. The van der Waals surface area contributed by atoms with Crippen molar-refractivity contribution in [2.75, 3.05) is 32.7 Å². The maximum atomic E-state index is 12.1. The van der Waals surface area contributed by atoms with Gasteiger partial charge in [-0.3, -0.25) is 9.59 Å². The second kappa shape index (κ2) is 6.89. The predicted molar refractivity (Wildman–Crippen MR) is 71.8 cm³/mol. The minimum Gasteiger partial charge on any atom is -0.481 e. The number of aliphatic carboxylic acids is 1. The zero-order valence-corrected chi connectivity index (χ0v) is 11.5. The van der Waals surface area contributed by atoms with E-state index in [9.17, 15) is 9.59 Å². The highest BCUT2D eigenvalue weighted by Gasteiger charge is 2.26. The number of amides is 1. The number of rotatable bonds is 6. The van der Waals surface area contributed by atoms with Crippen LogP contribution < -0.4 is 0 Å². The molecule has 0 aromatic carbocycles. The van der Waals surface area contributed by atoms with E-state index in [1.807, 2.05) is 4.90 Å². The summed E-state index contributed by atoms with van der Waals surface area (Å²) >= 11 is 0. The number of hydrogen-bond acceptors (Lipinski definition) is 3. The van der Waals surface area contributed by atoms with Crippen LogP contribution in [-0.2, 0) is 9.59 Å². The molecule has 5 nitrogen and oxygen atoms in total. The van der Waals surface area contributed by atoms with Gasteiger partial charge in [-0.1, -0.05) is 0 Å². The van der Waals surface area contributed by atoms with Crippen molar-refractivity contribution in [3.63, 3.8) is 0 Å². The quantitative estimate of drug-likeness (QED) is 0.786. The summed E-state index contributed by atoms with van der Waals surface area (Å²) in [5, 5.41) is 8.67. The smallest absolute Gasteiger partial charge is 0.303 e. The molecule has 2 aliphatic heterocycles. The normalized spacial score (nSPS) is 24.0. The number of nitrogens with zero attached hydrogens (tertiary/aromatic N) is 2. The van der Waals surface area contributed by atoms with Crippen molar-refractivity contribution in [2.24, 2.45) is 5.92 Å². The summed E-state index contributed by atoms with van der Waals surface area (Å²) in [4.78, 5) is 26.9. The molecule has 0 spiro atoms. The van der Waals surface area contributed by atoms with Crippen LogP contribution in [0.15, 0.2) is 0 Å². The van der Waals surface area contributed by atoms with Gasteiger partial charge in [0.25, 0.3) is 0 Å². The number of carboxylic acids is 1. The number of carboxylic acid groups (broad SMARTS) is 1. The predicted octanol–water partition coefficient (Wildman–Crippen LogP) is 1.19. The van der Waals surface area contributed by atoms with Gasteiger partial charge >= 0.3 is 5.97 Å². The van der Waals surface area contributed by atoms with Gasteiger partial charge in [-0.25, -0.2) is 0 Å². The Morgan fingerprint density at radius 1 is 1.11 bits per heavy atom. The highest BCUT2D eigenvalue weighted by atomic mass is 16.4. The molecule has 1 N–H and O–H groups in total. The Hall–Kier alpha value is -1.10.